The van der Waals surface area contributed by atoms with Crippen molar-refractivity contribution in [3.63, 3.8) is 0 Å². The van der Waals surface area contributed by atoms with Crippen molar-refractivity contribution >= 4 is 36.6 Å². The van der Waals surface area contributed by atoms with Crippen LogP contribution >= 0.6 is 12.2 Å². The SMILES string of the molecule is COc1ccc2c(=S)n(-c3ncccn3)[se]c2c1. The Morgan fingerprint density at radius 1 is 1.28 bits per heavy atom. The summed E-state index contributed by atoms with van der Waals surface area (Å²) in [5.41, 5.74) is 0. The zero-order valence-corrected chi connectivity index (χ0v) is 12.1. The second-order valence-corrected chi connectivity index (χ2v) is 6.06. The van der Waals surface area contributed by atoms with Crippen LogP contribution in [0.4, 0.5) is 0 Å². The summed E-state index contributed by atoms with van der Waals surface area (Å²) in [7, 11) is 1.67. The molecule has 0 saturated carbocycles. The molecule has 90 valence electrons. The van der Waals surface area contributed by atoms with Crippen molar-refractivity contribution in [2.45, 2.75) is 0 Å². The number of hydrogen-bond donors (Lipinski definition) is 0. The summed E-state index contributed by atoms with van der Waals surface area (Å²) in [6.45, 7) is 0. The molecule has 0 bridgehead atoms. The summed E-state index contributed by atoms with van der Waals surface area (Å²) in [6, 6.07) is 7.76. The predicted octanol–water partition coefficient (Wildman–Crippen LogP) is 2.22. The van der Waals surface area contributed by atoms with E-state index in [2.05, 4.69) is 9.97 Å². The summed E-state index contributed by atoms with van der Waals surface area (Å²) < 4.78 is 9.22. The Labute approximate surface area is 115 Å². The number of rotatable bonds is 2. The third-order valence-corrected chi connectivity index (χ3v) is 5.42. The number of aromatic nitrogens is 3. The van der Waals surface area contributed by atoms with Gasteiger partial charge in [-0.1, -0.05) is 0 Å². The van der Waals surface area contributed by atoms with E-state index in [1.54, 1.807) is 25.6 Å². The first-order valence-corrected chi connectivity index (χ1v) is 7.30. The van der Waals surface area contributed by atoms with Crippen molar-refractivity contribution in [3.05, 3.63) is 41.3 Å². The molecule has 0 aliphatic heterocycles. The van der Waals surface area contributed by atoms with Crippen molar-refractivity contribution in [3.8, 4) is 11.7 Å². The van der Waals surface area contributed by atoms with Crippen molar-refractivity contribution in [1.29, 1.82) is 0 Å². The molecule has 0 saturated heterocycles. The van der Waals surface area contributed by atoms with E-state index in [4.69, 9.17) is 17.0 Å². The molecule has 0 atom stereocenters. The van der Waals surface area contributed by atoms with E-state index in [1.165, 1.54) is 4.26 Å². The third kappa shape index (κ3) is 1.88. The minimum atomic E-state index is 0.0717. The van der Waals surface area contributed by atoms with Gasteiger partial charge in [0, 0.05) is 0 Å². The van der Waals surface area contributed by atoms with Gasteiger partial charge in [0.1, 0.15) is 0 Å². The first-order chi connectivity index (χ1) is 8.79. The topological polar surface area (TPSA) is 39.9 Å². The molecule has 0 N–H and O–H groups in total. The van der Waals surface area contributed by atoms with Gasteiger partial charge in [0.15, 0.2) is 0 Å². The molecule has 0 amide bonds. The number of ether oxygens (including phenoxy) is 1. The first-order valence-electron chi connectivity index (χ1n) is 5.27. The summed E-state index contributed by atoms with van der Waals surface area (Å²) >= 11 is 5.55. The Morgan fingerprint density at radius 3 is 2.78 bits per heavy atom. The minimum absolute atomic E-state index is 0.0717. The monoisotopic (exact) mass is 323 g/mol. The molecule has 0 unspecified atom stereocenters. The Kier molecular flexibility index (Phi) is 2.99. The van der Waals surface area contributed by atoms with E-state index < -0.39 is 0 Å². The second-order valence-electron chi connectivity index (χ2n) is 3.60. The molecular weight excluding hydrogens is 313 g/mol. The quantitative estimate of drug-likeness (QED) is 0.536. The molecular formula is C12H9N3OSSe. The van der Waals surface area contributed by atoms with E-state index in [0.717, 1.165) is 15.8 Å². The maximum absolute atomic E-state index is 5.48. The fraction of sp³-hybridized carbons (Fsp3) is 0.0833. The van der Waals surface area contributed by atoms with Crippen molar-refractivity contribution in [2.75, 3.05) is 7.11 Å². The average Bonchev–Trinajstić information content (AvgIpc) is 2.76. The Morgan fingerprint density at radius 2 is 2.06 bits per heavy atom. The van der Waals surface area contributed by atoms with Crippen molar-refractivity contribution in [1.82, 2.24) is 13.5 Å². The van der Waals surface area contributed by atoms with Crippen molar-refractivity contribution < 1.29 is 4.74 Å². The van der Waals surface area contributed by atoms with Crippen LogP contribution in [-0.4, -0.2) is 35.4 Å². The van der Waals surface area contributed by atoms with Crippen molar-refractivity contribution in [2.24, 2.45) is 0 Å². The van der Waals surface area contributed by atoms with Crippen LogP contribution in [0.3, 0.4) is 0 Å². The molecule has 4 nitrogen and oxygen atoms in total. The second kappa shape index (κ2) is 4.65. The molecule has 0 fully saturated rings. The van der Waals surface area contributed by atoms with E-state index in [-0.39, 0.29) is 14.7 Å². The number of benzene rings is 1. The predicted molar refractivity (Wildman–Crippen MR) is 73.2 cm³/mol. The Hall–Kier alpha value is -1.49. The van der Waals surface area contributed by atoms with Gasteiger partial charge in [-0.05, 0) is 0 Å². The van der Waals surface area contributed by atoms with Gasteiger partial charge in [0.05, 0.1) is 0 Å². The van der Waals surface area contributed by atoms with Gasteiger partial charge in [-0.15, -0.1) is 0 Å². The van der Waals surface area contributed by atoms with E-state index in [9.17, 15) is 0 Å². The first kappa shape index (κ1) is 11.6. The molecule has 6 heteroatoms. The zero-order chi connectivity index (χ0) is 12.5. The van der Waals surface area contributed by atoms with Crippen LogP contribution < -0.4 is 4.74 Å². The van der Waals surface area contributed by atoms with Gasteiger partial charge < -0.3 is 0 Å². The molecule has 3 rings (SSSR count). The fourth-order valence-electron chi connectivity index (χ4n) is 1.66. The van der Waals surface area contributed by atoms with Gasteiger partial charge in [0.2, 0.25) is 0 Å². The van der Waals surface area contributed by atoms with Crippen LogP contribution in [0.15, 0.2) is 36.7 Å². The van der Waals surface area contributed by atoms with Crippen LogP contribution in [0.25, 0.3) is 15.6 Å². The number of nitrogens with zero attached hydrogens (tertiary/aromatic N) is 3. The van der Waals surface area contributed by atoms with Crippen LogP contribution in [-0.2, 0) is 0 Å². The standard InChI is InChI=1S/C12H9N3OSSe/c1-16-8-3-4-9-10(7-8)18-15(11(9)17)12-13-5-2-6-14-12/h2-7H,1H3. The summed E-state index contributed by atoms with van der Waals surface area (Å²) in [6.07, 6.45) is 3.45. The van der Waals surface area contributed by atoms with Crippen LogP contribution in [0.5, 0.6) is 5.75 Å². The molecule has 1 aromatic carbocycles. The van der Waals surface area contributed by atoms with Crippen LogP contribution in [0, 0.1) is 4.64 Å². The molecule has 0 aliphatic rings. The summed E-state index contributed by atoms with van der Waals surface area (Å²) in [5.74, 6) is 1.52. The van der Waals surface area contributed by atoms with E-state index in [1.807, 2.05) is 21.8 Å². The van der Waals surface area contributed by atoms with E-state index >= 15 is 0 Å². The van der Waals surface area contributed by atoms with E-state index in [0.29, 0.717) is 5.95 Å². The molecule has 3 aromatic rings. The molecule has 2 aromatic heterocycles. The molecule has 0 spiro atoms. The number of hydrogen-bond acceptors (Lipinski definition) is 4. The van der Waals surface area contributed by atoms with Crippen LogP contribution in [0.2, 0.25) is 0 Å². The maximum atomic E-state index is 5.48. The van der Waals surface area contributed by atoms with Gasteiger partial charge >= 0.3 is 115 Å². The zero-order valence-electron chi connectivity index (χ0n) is 9.53. The molecule has 0 radical (unpaired) electrons. The summed E-state index contributed by atoms with van der Waals surface area (Å²) in [4.78, 5) is 8.50. The van der Waals surface area contributed by atoms with Gasteiger partial charge in [-0.25, -0.2) is 0 Å². The molecule has 2 heterocycles. The van der Waals surface area contributed by atoms with Gasteiger partial charge in [-0.2, -0.15) is 0 Å². The molecule has 0 aliphatic carbocycles. The summed E-state index contributed by atoms with van der Waals surface area (Å²) in [5, 5.41) is 1.08. The number of methoxy groups -OCH3 is 1. The van der Waals surface area contributed by atoms with Crippen LogP contribution in [0.1, 0.15) is 0 Å². The average molecular weight is 322 g/mol. The Balaban J connectivity index is 2.26. The normalized spacial score (nSPS) is 10.7. The fourth-order valence-corrected chi connectivity index (χ4v) is 4.33. The third-order valence-electron chi connectivity index (χ3n) is 2.53. The Bertz CT molecular complexity index is 751. The van der Waals surface area contributed by atoms with Gasteiger partial charge in [-0.3, -0.25) is 0 Å². The number of fused-ring (bicyclic) bond motifs is 1. The molecule has 18 heavy (non-hydrogen) atoms. The van der Waals surface area contributed by atoms with Gasteiger partial charge in [0.25, 0.3) is 0 Å².